The summed E-state index contributed by atoms with van der Waals surface area (Å²) in [7, 11) is 0. The number of ether oxygens (including phenoxy) is 2. The lowest BCUT2D eigenvalue weighted by molar-refractivity contribution is -0.122. The molecule has 144 valence electrons. The molecule has 0 aliphatic carbocycles. The molecule has 6 heteroatoms. The number of anilines is 1. The lowest BCUT2D eigenvalue weighted by Gasteiger charge is -2.18. The van der Waals surface area contributed by atoms with Crippen LogP contribution < -0.4 is 10.1 Å². The summed E-state index contributed by atoms with van der Waals surface area (Å²) in [5, 5.41) is 2.99. The van der Waals surface area contributed by atoms with Crippen LogP contribution in [0.2, 0.25) is 5.02 Å². The van der Waals surface area contributed by atoms with Gasteiger partial charge in [-0.05, 0) is 68.7 Å². The fourth-order valence-electron chi connectivity index (χ4n) is 2.46. The van der Waals surface area contributed by atoms with Crippen LogP contribution in [0.5, 0.6) is 5.75 Å². The molecule has 0 aromatic heterocycles. The molecule has 5 nitrogen and oxygen atoms in total. The molecule has 1 amide bonds. The van der Waals surface area contributed by atoms with Crippen molar-refractivity contribution in [1.82, 2.24) is 0 Å². The SMILES string of the molecule is CCOC(=O)c1ccc(NC(=O)[C@@H](CC)Oc2ccc(C)c(C)c2)cc1Cl. The topological polar surface area (TPSA) is 64.6 Å². The summed E-state index contributed by atoms with van der Waals surface area (Å²) in [6.45, 7) is 7.88. The van der Waals surface area contributed by atoms with E-state index in [1.54, 1.807) is 13.0 Å². The zero-order valence-electron chi connectivity index (χ0n) is 16.0. The van der Waals surface area contributed by atoms with Crippen molar-refractivity contribution in [2.45, 2.75) is 40.2 Å². The van der Waals surface area contributed by atoms with Crippen LogP contribution >= 0.6 is 11.6 Å². The van der Waals surface area contributed by atoms with Gasteiger partial charge in [-0.3, -0.25) is 4.79 Å². The zero-order chi connectivity index (χ0) is 20.0. The van der Waals surface area contributed by atoms with Crippen molar-refractivity contribution >= 4 is 29.2 Å². The summed E-state index contributed by atoms with van der Waals surface area (Å²) in [4.78, 5) is 24.4. The van der Waals surface area contributed by atoms with E-state index in [9.17, 15) is 9.59 Å². The van der Waals surface area contributed by atoms with Gasteiger partial charge in [-0.1, -0.05) is 24.6 Å². The minimum Gasteiger partial charge on any atom is -0.481 e. The van der Waals surface area contributed by atoms with Crippen molar-refractivity contribution in [1.29, 1.82) is 0 Å². The van der Waals surface area contributed by atoms with Gasteiger partial charge in [0, 0.05) is 5.69 Å². The number of hydrogen-bond acceptors (Lipinski definition) is 4. The van der Waals surface area contributed by atoms with Gasteiger partial charge in [0.25, 0.3) is 5.91 Å². The second kappa shape index (κ2) is 9.42. The van der Waals surface area contributed by atoms with Crippen molar-refractivity contribution in [3.8, 4) is 5.75 Å². The van der Waals surface area contributed by atoms with Gasteiger partial charge in [0.1, 0.15) is 5.75 Å². The molecule has 2 rings (SSSR count). The van der Waals surface area contributed by atoms with Crippen LogP contribution in [0.4, 0.5) is 5.69 Å². The highest BCUT2D eigenvalue weighted by Gasteiger charge is 2.20. The molecule has 2 aromatic rings. The Morgan fingerprint density at radius 3 is 2.41 bits per heavy atom. The number of rotatable bonds is 7. The predicted octanol–water partition coefficient (Wildman–Crippen LogP) is 4.93. The summed E-state index contributed by atoms with van der Waals surface area (Å²) in [5.41, 5.74) is 3.01. The number of carbonyl (C=O) groups excluding carboxylic acids is 2. The highest BCUT2D eigenvalue weighted by Crippen LogP contribution is 2.23. The van der Waals surface area contributed by atoms with Gasteiger partial charge in [0.15, 0.2) is 6.10 Å². The van der Waals surface area contributed by atoms with E-state index < -0.39 is 12.1 Å². The molecule has 27 heavy (non-hydrogen) atoms. The van der Waals surface area contributed by atoms with Crippen molar-refractivity contribution in [2.24, 2.45) is 0 Å². The summed E-state index contributed by atoms with van der Waals surface area (Å²) < 4.78 is 10.8. The largest absolute Gasteiger partial charge is 0.481 e. The molecule has 0 aliphatic heterocycles. The second-order valence-corrected chi connectivity index (χ2v) is 6.57. The fraction of sp³-hybridized carbons (Fsp3) is 0.333. The molecule has 0 bridgehead atoms. The van der Waals surface area contributed by atoms with Crippen molar-refractivity contribution in [3.63, 3.8) is 0 Å². The highest BCUT2D eigenvalue weighted by atomic mass is 35.5. The number of halogens is 1. The number of hydrogen-bond donors (Lipinski definition) is 1. The number of esters is 1. The molecule has 1 N–H and O–H groups in total. The monoisotopic (exact) mass is 389 g/mol. The number of benzene rings is 2. The average molecular weight is 390 g/mol. The minimum absolute atomic E-state index is 0.217. The Bertz CT molecular complexity index is 835. The molecular weight excluding hydrogens is 366 g/mol. The van der Waals surface area contributed by atoms with Gasteiger partial charge in [-0.2, -0.15) is 0 Å². The lowest BCUT2D eigenvalue weighted by Crippen LogP contribution is -2.32. The van der Waals surface area contributed by atoms with Crippen LogP contribution in [0.15, 0.2) is 36.4 Å². The van der Waals surface area contributed by atoms with E-state index in [4.69, 9.17) is 21.1 Å². The van der Waals surface area contributed by atoms with Gasteiger partial charge in [-0.15, -0.1) is 0 Å². The molecule has 0 saturated carbocycles. The molecule has 0 saturated heterocycles. The van der Waals surface area contributed by atoms with E-state index in [-0.39, 0.29) is 23.1 Å². The molecule has 2 aromatic carbocycles. The Morgan fingerprint density at radius 1 is 1.07 bits per heavy atom. The van der Waals surface area contributed by atoms with E-state index in [0.29, 0.717) is 17.9 Å². The molecule has 0 spiro atoms. The molecule has 0 heterocycles. The smallest absolute Gasteiger partial charge is 0.339 e. The Morgan fingerprint density at radius 2 is 1.81 bits per heavy atom. The molecule has 0 aliphatic rings. The van der Waals surface area contributed by atoms with Crippen LogP contribution in [0.3, 0.4) is 0 Å². The lowest BCUT2D eigenvalue weighted by atomic mass is 10.1. The van der Waals surface area contributed by atoms with E-state index in [1.807, 2.05) is 39.0 Å². The molecular formula is C21H24ClNO4. The number of amides is 1. The quantitative estimate of drug-likeness (QED) is 0.682. The van der Waals surface area contributed by atoms with Gasteiger partial charge >= 0.3 is 5.97 Å². The van der Waals surface area contributed by atoms with Gasteiger partial charge in [0.2, 0.25) is 0 Å². The third-order valence-corrected chi connectivity index (χ3v) is 4.46. The summed E-state index contributed by atoms with van der Waals surface area (Å²) in [6.07, 6.45) is -0.136. The van der Waals surface area contributed by atoms with E-state index >= 15 is 0 Å². The summed E-state index contributed by atoms with van der Waals surface area (Å²) in [5.74, 6) is -0.128. The number of nitrogens with one attached hydrogen (secondary N) is 1. The van der Waals surface area contributed by atoms with E-state index in [1.165, 1.54) is 12.1 Å². The first-order valence-corrected chi connectivity index (χ1v) is 9.25. The van der Waals surface area contributed by atoms with Crippen molar-refractivity contribution < 1.29 is 19.1 Å². The van der Waals surface area contributed by atoms with E-state index in [2.05, 4.69) is 5.32 Å². The minimum atomic E-state index is -0.643. The van der Waals surface area contributed by atoms with Crippen molar-refractivity contribution in [2.75, 3.05) is 11.9 Å². The van der Waals surface area contributed by atoms with Crippen LogP contribution in [-0.4, -0.2) is 24.6 Å². The van der Waals surface area contributed by atoms with Crippen molar-refractivity contribution in [3.05, 3.63) is 58.1 Å². The number of aryl methyl sites for hydroxylation is 2. The molecule has 0 unspecified atom stereocenters. The highest BCUT2D eigenvalue weighted by molar-refractivity contribution is 6.34. The third-order valence-electron chi connectivity index (χ3n) is 4.15. The first-order valence-electron chi connectivity index (χ1n) is 8.87. The predicted molar refractivity (Wildman–Crippen MR) is 107 cm³/mol. The average Bonchev–Trinajstić information content (AvgIpc) is 2.62. The van der Waals surface area contributed by atoms with Crippen LogP contribution in [0.1, 0.15) is 41.8 Å². The zero-order valence-corrected chi connectivity index (χ0v) is 16.7. The maximum atomic E-state index is 12.6. The van der Waals surface area contributed by atoms with Crippen LogP contribution in [0.25, 0.3) is 0 Å². The first kappa shape index (κ1) is 20.8. The Hall–Kier alpha value is -2.53. The van der Waals surface area contributed by atoms with Gasteiger partial charge in [0.05, 0.1) is 17.2 Å². The third kappa shape index (κ3) is 5.47. The first-order chi connectivity index (χ1) is 12.8. The summed E-state index contributed by atoms with van der Waals surface area (Å²) in [6, 6.07) is 10.4. The second-order valence-electron chi connectivity index (χ2n) is 6.17. The Kier molecular flexibility index (Phi) is 7.25. The van der Waals surface area contributed by atoms with Gasteiger partial charge in [-0.25, -0.2) is 4.79 Å². The Balaban J connectivity index is 2.08. The summed E-state index contributed by atoms with van der Waals surface area (Å²) >= 11 is 6.14. The maximum absolute atomic E-state index is 12.6. The van der Waals surface area contributed by atoms with Crippen LogP contribution in [-0.2, 0) is 9.53 Å². The standard InChI is InChI=1S/C21H24ClNO4/c1-5-19(27-16-9-7-13(3)14(4)11-16)20(24)23-15-8-10-17(18(22)12-15)21(25)26-6-2/h7-12,19H,5-6H2,1-4H3,(H,23,24)/t19-/m1/s1. The fourth-order valence-corrected chi connectivity index (χ4v) is 2.72. The number of carbonyl (C=O) groups is 2. The molecule has 1 atom stereocenters. The normalized spacial score (nSPS) is 11.6. The molecule has 0 fully saturated rings. The molecule has 0 radical (unpaired) electrons. The van der Waals surface area contributed by atoms with Crippen LogP contribution in [0, 0.1) is 13.8 Å². The van der Waals surface area contributed by atoms with Gasteiger partial charge < -0.3 is 14.8 Å². The maximum Gasteiger partial charge on any atom is 0.339 e. The Labute approximate surface area is 164 Å². The van der Waals surface area contributed by atoms with E-state index in [0.717, 1.165) is 11.1 Å².